The van der Waals surface area contributed by atoms with Crippen LogP contribution in [0.5, 0.6) is 0 Å². The molecule has 1 amide bonds. The van der Waals surface area contributed by atoms with Crippen LogP contribution in [0.2, 0.25) is 0 Å². The molecule has 130 valence electrons. The highest BCUT2D eigenvalue weighted by atomic mass is 16.6. The molecule has 1 saturated carbocycles. The van der Waals surface area contributed by atoms with Crippen molar-refractivity contribution in [2.45, 2.75) is 90.5 Å². The smallest absolute Gasteiger partial charge is 0.407 e. The minimum atomic E-state index is -0.437. The Hall–Kier alpha value is -0.810. The van der Waals surface area contributed by atoms with Crippen molar-refractivity contribution in [3.05, 3.63) is 0 Å². The fraction of sp³-hybridized carbons (Fsp3) is 0.941. The summed E-state index contributed by atoms with van der Waals surface area (Å²) in [6, 6.07) is 0.740. The Morgan fingerprint density at radius 2 is 1.59 bits per heavy atom. The number of rotatable bonds is 6. The minimum Gasteiger partial charge on any atom is -0.444 e. The van der Waals surface area contributed by atoms with Gasteiger partial charge in [0.25, 0.3) is 0 Å². The second-order valence-electron chi connectivity index (χ2n) is 7.77. The summed E-state index contributed by atoms with van der Waals surface area (Å²) < 4.78 is 11.0. The molecule has 1 fully saturated rings. The predicted octanol–water partition coefficient (Wildman–Crippen LogP) is 3.23. The second-order valence-corrected chi connectivity index (χ2v) is 7.77. The van der Waals surface area contributed by atoms with Crippen molar-refractivity contribution in [2.75, 3.05) is 13.2 Å². The number of alkyl carbamates (subject to hydrolysis) is 1. The molecule has 0 radical (unpaired) electrons. The van der Waals surface area contributed by atoms with E-state index in [4.69, 9.17) is 9.47 Å². The number of nitrogens with one attached hydrogen (secondary N) is 2. The van der Waals surface area contributed by atoms with Crippen molar-refractivity contribution in [3.63, 3.8) is 0 Å². The van der Waals surface area contributed by atoms with Crippen LogP contribution in [-0.4, -0.2) is 42.5 Å². The van der Waals surface area contributed by atoms with Crippen LogP contribution in [-0.2, 0) is 9.47 Å². The molecule has 1 rings (SSSR count). The van der Waals surface area contributed by atoms with Crippen LogP contribution in [0.25, 0.3) is 0 Å². The monoisotopic (exact) mass is 314 g/mol. The zero-order chi connectivity index (χ0) is 16.8. The van der Waals surface area contributed by atoms with Gasteiger partial charge >= 0.3 is 6.09 Å². The summed E-state index contributed by atoms with van der Waals surface area (Å²) in [4.78, 5) is 11.8. The molecule has 0 spiro atoms. The molecule has 0 aromatic heterocycles. The van der Waals surface area contributed by atoms with Gasteiger partial charge in [-0.05, 0) is 67.2 Å². The van der Waals surface area contributed by atoms with Crippen molar-refractivity contribution in [1.29, 1.82) is 0 Å². The Kier molecular flexibility index (Phi) is 7.13. The standard InChI is InChI=1S/C17H34N2O3/c1-7-21-17(5,6)12-18-13-8-10-14(11-9-13)19-15(20)22-16(2,3)4/h13-14,18H,7-12H2,1-6H3,(H,19,20). The maximum atomic E-state index is 11.8. The Labute approximate surface area is 135 Å². The molecule has 0 saturated heterocycles. The lowest BCUT2D eigenvalue weighted by molar-refractivity contribution is -0.0114. The van der Waals surface area contributed by atoms with Crippen molar-refractivity contribution < 1.29 is 14.3 Å². The van der Waals surface area contributed by atoms with Crippen LogP contribution in [0.3, 0.4) is 0 Å². The van der Waals surface area contributed by atoms with Crippen molar-refractivity contribution >= 4 is 6.09 Å². The van der Waals surface area contributed by atoms with Crippen molar-refractivity contribution in [1.82, 2.24) is 10.6 Å². The van der Waals surface area contributed by atoms with E-state index in [-0.39, 0.29) is 17.7 Å². The fourth-order valence-electron chi connectivity index (χ4n) is 2.75. The molecule has 0 atom stereocenters. The largest absolute Gasteiger partial charge is 0.444 e. The molecule has 1 aliphatic carbocycles. The van der Waals surface area contributed by atoms with E-state index < -0.39 is 5.60 Å². The van der Waals surface area contributed by atoms with E-state index in [2.05, 4.69) is 24.5 Å². The molecule has 0 bridgehead atoms. The first-order valence-electron chi connectivity index (χ1n) is 8.48. The zero-order valence-corrected chi connectivity index (χ0v) is 15.1. The summed E-state index contributed by atoms with van der Waals surface area (Å²) in [6.07, 6.45) is 3.82. The van der Waals surface area contributed by atoms with Crippen LogP contribution in [0.15, 0.2) is 0 Å². The van der Waals surface area contributed by atoms with Gasteiger partial charge in [-0.25, -0.2) is 4.79 Å². The van der Waals surface area contributed by atoms with Gasteiger partial charge in [-0.2, -0.15) is 0 Å². The van der Waals surface area contributed by atoms with E-state index in [9.17, 15) is 4.79 Å². The summed E-state index contributed by atoms with van der Waals surface area (Å²) in [5.74, 6) is 0. The lowest BCUT2D eigenvalue weighted by atomic mass is 9.91. The van der Waals surface area contributed by atoms with Gasteiger partial charge in [-0.1, -0.05) is 0 Å². The number of hydrogen-bond acceptors (Lipinski definition) is 4. The van der Waals surface area contributed by atoms with Gasteiger partial charge in [0.05, 0.1) is 5.60 Å². The number of carbonyl (C=O) groups excluding carboxylic acids is 1. The van der Waals surface area contributed by atoms with E-state index >= 15 is 0 Å². The molecule has 0 aromatic rings. The molecule has 1 aliphatic rings. The van der Waals surface area contributed by atoms with Gasteiger partial charge < -0.3 is 20.1 Å². The lowest BCUT2D eigenvalue weighted by Crippen LogP contribution is -2.47. The van der Waals surface area contributed by atoms with Crippen LogP contribution in [0, 0.1) is 0 Å². The van der Waals surface area contributed by atoms with E-state index in [1.807, 2.05) is 27.7 Å². The number of hydrogen-bond donors (Lipinski definition) is 2. The maximum Gasteiger partial charge on any atom is 0.407 e. The molecular formula is C17H34N2O3. The molecule has 0 aliphatic heterocycles. The number of carbonyl (C=O) groups is 1. The SMILES string of the molecule is CCOC(C)(C)CNC1CCC(NC(=O)OC(C)(C)C)CC1. The highest BCUT2D eigenvalue weighted by Gasteiger charge is 2.26. The molecule has 0 unspecified atom stereocenters. The first-order valence-corrected chi connectivity index (χ1v) is 8.48. The maximum absolute atomic E-state index is 11.8. The highest BCUT2D eigenvalue weighted by Crippen LogP contribution is 2.20. The molecule has 2 N–H and O–H groups in total. The third-order valence-electron chi connectivity index (χ3n) is 3.80. The average Bonchev–Trinajstić information content (AvgIpc) is 2.35. The van der Waals surface area contributed by atoms with Crippen LogP contribution in [0.1, 0.15) is 67.2 Å². The fourth-order valence-corrected chi connectivity index (χ4v) is 2.75. The predicted molar refractivity (Wildman–Crippen MR) is 89.1 cm³/mol. The zero-order valence-electron chi connectivity index (χ0n) is 15.1. The first-order chi connectivity index (χ1) is 10.1. The summed E-state index contributed by atoms with van der Waals surface area (Å²) in [5.41, 5.74) is -0.561. The summed E-state index contributed by atoms with van der Waals surface area (Å²) in [6.45, 7) is 13.5. The number of amides is 1. The van der Waals surface area contributed by atoms with Gasteiger partial charge in [0, 0.05) is 25.2 Å². The lowest BCUT2D eigenvalue weighted by Gasteiger charge is -2.33. The van der Waals surface area contributed by atoms with Gasteiger partial charge in [0.2, 0.25) is 0 Å². The van der Waals surface area contributed by atoms with Crippen LogP contribution in [0.4, 0.5) is 4.79 Å². The van der Waals surface area contributed by atoms with Gasteiger partial charge in [0.15, 0.2) is 0 Å². The Balaban J connectivity index is 2.25. The van der Waals surface area contributed by atoms with Crippen molar-refractivity contribution in [3.8, 4) is 0 Å². The van der Waals surface area contributed by atoms with E-state index in [0.29, 0.717) is 6.04 Å². The Bertz CT molecular complexity index is 342. The normalized spacial score (nSPS) is 23.2. The van der Waals surface area contributed by atoms with E-state index in [1.165, 1.54) is 0 Å². The topological polar surface area (TPSA) is 59.6 Å². The second kappa shape index (κ2) is 8.16. The van der Waals surface area contributed by atoms with Crippen LogP contribution >= 0.6 is 0 Å². The summed E-state index contributed by atoms with van der Waals surface area (Å²) in [5, 5.41) is 6.56. The number of ether oxygens (including phenoxy) is 2. The molecule has 0 aromatic carbocycles. The molecule has 0 heterocycles. The Morgan fingerprint density at radius 3 is 2.09 bits per heavy atom. The first kappa shape index (κ1) is 19.2. The van der Waals surface area contributed by atoms with Gasteiger partial charge in [-0.15, -0.1) is 0 Å². The van der Waals surface area contributed by atoms with Gasteiger partial charge in [-0.3, -0.25) is 0 Å². The third-order valence-corrected chi connectivity index (χ3v) is 3.80. The summed E-state index contributed by atoms with van der Waals surface area (Å²) in [7, 11) is 0. The molecular weight excluding hydrogens is 280 g/mol. The summed E-state index contributed by atoms with van der Waals surface area (Å²) >= 11 is 0. The molecule has 5 nitrogen and oxygen atoms in total. The van der Waals surface area contributed by atoms with Crippen molar-refractivity contribution in [2.24, 2.45) is 0 Å². The quantitative estimate of drug-likeness (QED) is 0.790. The molecule has 5 heteroatoms. The third kappa shape index (κ3) is 7.99. The van der Waals surface area contributed by atoms with E-state index in [0.717, 1.165) is 38.8 Å². The Morgan fingerprint density at radius 1 is 1.05 bits per heavy atom. The van der Waals surface area contributed by atoms with Gasteiger partial charge in [0.1, 0.15) is 5.60 Å². The van der Waals surface area contributed by atoms with E-state index in [1.54, 1.807) is 0 Å². The van der Waals surface area contributed by atoms with Crippen LogP contribution < -0.4 is 10.6 Å². The average molecular weight is 314 g/mol. The molecule has 22 heavy (non-hydrogen) atoms. The highest BCUT2D eigenvalue weighted by molar-refractivity contribution is 5.68. The minimum absolute atomic E-state index is 0.125.